The smallest absolute Gasteiger partial charge is 0.335 e. The van der Waals surface area contributed by atoms with Crippen LogP contribution in [0.2, 0.25) is 5.02 Å². The van der Waals surface area contributed by atoms with E-state index in [2.05, 4.69) is 5.32 Å². The van der Waals surface area contributed by atoms with E-state index in [1.807, 2.05) is 30.3 Å². The third kappa shape index (κ3) is 5.39. The molecule has 1 fully saturated rings. The number of halogens is 1. The van der Waals surface area contributed by atoms with E-state index in [4.69, 9.17) is 21.1 Å². The standard InChI is InChI=1S/C25H19ClN2O5/c26-18-9-11-19(12-10-18)28-24(30)22(23(29)27-25(28)31)16-17-5-4-8-21(15-17)33-14-13-32-20-6-2-1-3-7-20/h1-12,15-16H,13-14H2,(H,27,29,31)/b22-16+. The molecule has 0 aliphatic carbocycles. The molecule has 1 aliphatic heterocycles. The highest BCUT2D eigenvalue weighted by Crippen LogP contribution is 2.24. The number of hydrogen-bond acceptors (Lipinski definition) is 5. The minimum Gasteiger partial charge on any atom is -0.490 e. The summed E-state index contributed by atoms with van der Waals surface area (Å²) in [5, 5.41) is 2.65. The Morgan fingerprint density at radius 2 is 1.48 bits per heavy atom. The molecule has 1 aliphatic rings. The fourth-order valence-corrected chi connectivity index (χ4v) is 3.30. The molecule has 8 heteroatoms. The Kier molecular flexibility index (Phi) is 6.71. The highest BCUT2D eigenvalue weighted by molar-refractivity contribution is 6.39. The van der Waals surface area contributed by atoms with Gasteiger partial charge in [0.15, 0.2) is 0 Å². The van der Waals surface area contributed by atoms with E-state index in [0.29, 0.717) is 35.2 Å². The number of carbonyl (C=O) groups excluding carboxylic acids is 3. The van der Waals surface area contributed by atoms with Gasteiger partial charge in [0.25, 0.3) is 11.8 Å². The van der Waals surface area contributed by atoms with E-state index in [9.17, 15) is 14.4 Å². The van der Waals surface area contributed by atoms with Crippen LogP contribution in [0.25, 0.3) is 6.08 Å². The van der Waals surface area contributed by atoms with Crippen LogP contribution >= 0.6 is 11.6 Å². The van der Waals surface area contributed by atoms with Gasteiger partial charge in [0, 0.05) is 5.02 Å². The van der Waals surface area contributed by atoms with Crippen molar-refractivity contribution >= 4 is 41.2 Å². The molecule has 7 nitrogen and oxygen atoms in total. The lowest BCUT2D eigenvalue weighted by atomic mass is 10.1. The number of imide groups is 2. The number of hydrogen-bond donors (Lipinski definition) is 1. The normalized spacial score (nSPS) is 14.9. The number of carbonyl (C=O) groups is 3. The van der Waals surface area contributed by atoms with Crippen LogP contribution in [-0.2, 0) is 9.59 Å². The van der Waals surface area contributed by atoms with Crippen LogP contribution in [0, 0.1) is 0 Å². The molecule has 0 atom stereocenters. The molecule has 1 heterocycles. The van der Waals surface area contributed by atoms with Gasteiger partial charge in [-0.3, -0.25) is 14.9 Å². The Hall–Kier alpha value is -4.10. The number of amides is 4. The molecular formula is C25H19ClN2O5. The van der Waals surface area contributed by atoms with E-state index in [1.165, 1.54) is 18.2 Å². The summed E-state index contributed by atoms with van der Waals surface area (Å²) in [4.78, 5) is 38.5. The second-order valence-corrected chi connectivity index (χ2v) is 7.45. The first-order chi connectivity index (χ1) is 16.0. The first kappa shape index (κ1) is 22.1. The van der Waals surface area contributed by atoms with E-state index in [1.54, 1.807) is 36.4 Å². The zero-order valence-corrected chi connectivity index (χ0v) is 18.1. The molecular weight excluding hydrogens is 444 g/mol. The van der Waals surface area contributed by atoms with Gasteiger partial charge in [-0.1, -0.05) is 41.9 Å². The summed E-state index contributed by atoms with van der Waals surface area (Å²) in [6.07, 6.45) is 1.42. The summed E-state index contributed by atoms with van der Waals surface area (Å²) in [5.41, 5.74) is 0.699. The molecule has 1 N–H and O–H groups in total. The maximum atomic E-state index is 13.0. The molecule has 3 aromatic rings. The Morgan fingerprint density at radius 3 is 2.21 bits per heavy atom. The van der Waals surface area contributed by atoms with Gasteiger partial charge in [0.1, 0.15) is 30.3 Å². The fourth-order valence-electron chi connectivity index (χ4n) is 3.18. The third-order valence-electron chi connectivity index (χ3n) is 4.72. The van der Waals surface area contributed by atoms with Gasteiger partial charge in [-0.25, -0.2) is 9.69 Å². The molecule has 33 heavy (non-hydrogen) atoms. The van der Waals surface area contributed by atoms with Crippen LogP contribution < -0.4 is 19.7 Å². The number of rotatable bonds is 7. The first-order valence-corrected chi connectivity index (χ1v) is 10.5. The summed E-state index contributed by atoms with van der Waals surface area (Å²) >= 11 is 5.88. The first-order valence-electron chi connectivity index (χ1n) is 10.1. The molecule has 4 rings (SSSR count). The maximum absolute atomic E-state index is 13.0. The summed E-state index contributed by atoms with van der Waals surface area (Å²) in [5.74, 6) is -0.192. The van der Waals surface area contributed by atoms with Gasteiger partial charge in [-0.2, -0.15) is 0 Å². The van der Waals surface area contributed by atoms with Crippen LogP contribution in [-0.4, -0.2) is 31.1 Å². The number of anilines is 1. The highest BCUT2D eigenvalue weighted by atomic mass is 35.5. The Balaban J connectivity index is 1.46. The van der Waals surface area contributed by atoms with Crippen LogP contribution in [0.5, 0.6) is 11.5 Å². The van der Waals surface area contributed by atoms with E-state index in [0.717, 1.165) is 10.6 Å². The molecule has 0 bridgehead atoms. The van der Waals surface area contributed by atoms with Gasteiger partial charge in [-0.05, 0) is 60.2 Å². The average Bonchev–Trinajstić information content (AvgIpc) is 2.82. The average molecular weight is 463 g/mol. The van der Waals surface area contributed by atoms with Gasteiger partial charge in [-0.15, -0.1) is 0 Å². The largest absolute Gasteiger partial charge is 0.490 e. The molecule has 3 aromatic carbocycles. The minimum absolute atomic E-state index is 0.172. The second kappa shape index (κ2) is 10.0. The predicted octanol–water partition coefficient (Wildman–Crippen LogP) is 4.46. The van der Waals surface area contributed by atoms with Gasteiger partial charge in [0.2, 0.25) is 0 Å². The lowest BCUT2D eigenvalue weighted by Crippen LogP contribution is -2.54. The van der Waals surface area contributed by atoms with Crippen LogP contribution in [0.15, 0.2) is 84.4 Å². The van der Waals surface area contributed by atoms with Crippen molar-refractivity contribution in [3.05, 3.63) is 95.0 Å². The number of nitrogens with one attached hydrogen (secondary N) is 1. The minimum atomic E-state index is -0.819. The number of ether oxygens (including phenoxy) is 2. The molecule has 0 radical (unpaired) electrons. The van der Waals surface area contributed by atoms with Crippen molar-refractivity contribution in [2.75, 3.05) is 18.1 Å². The molecule has 0 aromatic heterocycles. The summed E-state index contributed by atoms with van der Waals surface area (Å²) in [6, 6.07) is 21.7. The third-order valence-corrected chi connectivity index (χ3v) is 4.97. The topological polar surface area (TPSA) is 84.9 Å². The van der Waals surface area contributed by atoms with Crippen molar-refractivity contribution in [1.82, 2.24) is 5.32 Å². The highest BCUT2D eigenvalue weighted by Gasteiger charge is 2.36. The molecule has 1 saturated heterocycles. The molecule has 0 saturated carbocycles. The fraction of sp³-hybridized carbons (Fsp3) is 0.0800. The zero-order chi connectivity index (χ0) is 23.2. The van der Waals surface area contributed by atoms with Crippen molar-refractivity contribution in [3.8, 4) is 11.5 Å². The number of nitrogens with zero attached hydrogens (tertiary/aromatic N) is 1. The number of urea groups is 1. The summed E-state index contributed by atoms with van der Waals surface area (Å²) in [6.45, 7) is 0.668. The zero-order valence-electron chi connectivity index (χ0n) is 17.4. The predicted molar refractivity (Wildman–Crippen MR) is 124 cm³/mol. The van der Waals surface area contributed by atoms with Crippen molar-refractivity contribution in [2.24, 2.45) is 0 Å². The molecule has 166 valence electrons. The monoisotopic (exact) mass is 462 g/mol. The van der Waals surface area contributed by atoms with Crippen LogP contribution in [0.1, 0.15) is 5.56 Å². The number of para-hydroxylation sites is 1. The van der Waals surface area contributed by atoms with E-state index < -0.39 is 17.8 Å². The lowest BCUT2D eigenvalue weighted by Gasteiger charge is -2.26. The lowest BCUT2D eigenvalue weighted by molar-refractivity contribution is -0.122. The van der Waals surface area contributed by atoms with Crippen molar-refractivity contribution in [2.45, 2.75) is 0 Å². The molecule has 0 unspecified atom stereocenters. The van der Waals surface area contributed by atoms with Crippen molar-refractivity contribution in [1.29, 1.82) is 0 Å². The Bertz CT molecular complexity index is 1210. The Morgan fingerprint density at radius 1 is 0.818 bits per heavy atom. The quantitative estimate of drug-likeness (QED) is 0.318. The van der Waals surface area contributed by atoms with E-state index in [-0.39, 0.29) is 5.57 Å². The second-order valence-electron chi connectivity index (χ2n) is 7.02. The number of barbiturate groups is 1. The van der Waals surface area contributed by atoms with E-state index >= 15 is 0 Å². The van der Waals surface area contributed by atoms with Gasteiger partial charge >= 0.3 is 6.03 Å². The van der Waals surface area contributed by atoms with Gasteiger partial charge in [0.05, 0.1) is 5.69 Å². The Labute approximate surface area is 195 Å². The van der Waals surface area contributed by atoms with Gasteiger partial charge < -0.3 is 9.47 Å². The van der Waals surface area contributed by atoms with Crippen molar-refractivity contribution < 1.29 is 23.9 Å². The SMILES string of the molecule is O=C1NC(=O)N(c2ccc(Cl)cc2)C(=O)/C1=C/c1cccc(OCCOc2ccccc2)c1. The van der Waals surface area contributed by atoms with Crippen molar-refractivity contribution in [3.63, 3.8) is 0 Å². The maximum Gasteiger partial charge on any atom is 0.335 e. The van der Waals surface area contributed by atoms with Crippen LogP contribution in [0.4, 0.5) is 10.5 Å². The molecule has 0 spiro atoms. The number of benzene rings is 3. The molecule has 4 amide bonds. The van der Waals surface area contributed by atoms with Crippen LogP contribution in [0.3, 0.4) is 0 Å². The summed E-state index contributed by atoms with van der Waals surface area (Å²) in [7, 11) is 0. The summed E-state index contributed by atoms with van der Waals surface area (Å²) < 4.78 is 11.3.